The van der Waals surface area contributed by atoms with Crippen LogP contribution in [0.4, 0.5) is 16.2 Å². The molecule has 2 aromatic carbocycles. The number of hydrogen-bond donors (Lipinski definition) is 5. The van der Waals surface area contributed by atoms with Crippen molar-refractivity contribution in [3.05, 3.63) is 60.7 Å². The second-order valence-corrected chi connectivity index (χ2v) is 5.84. The van der Waals surface area contributed by atoms with Crippen molar-refractivity contribution in [1.82, 2.24) is 5.32 Å². The van der Waals surface area contributed by atoms with Gasteiger partial charge in [-0.05, 0) is 37.1 Å². The summed E-state index contributed by atoms with van der Waals surface area (Å²) in [5.74, 6) is 0. The first-order chi connectivity index (χ1) is 15.2. The fourth-order valence-electron chi connectivity index (χ4n) is 1.93. The number of carbonyl (C=O) groups excluding carboxylic acids is 2. The molecule has 1 saturated heterocycles. The van der Waals surface area contributed by atoms with E-state index < -0.39 is 0 Å². The molecule has 0 spiro atoms. The molecule has 9 nitrogen and oxygen atoms in total. The Bertz CT molecular complexity index is 697. The maximum atomic E-state index is 11.0. The molecule has 2 aromatic rings. The van der Waals surface area contributed by atoms with Crippen molar-refractivity contribution in [2.24, 2.45) is 10.7 Å². The van der Waals surface area contributed by atoms with Gasteiger partial charge in [-0.2, -0.15) is 4.99 Å². The topological polar surface area (TPSA) is 146 Å². The van der Waals surface area contributed by atoms with Crippen molar-refractivity contribution in [2.45, 2.75) is 12.8 Å². The molecule has 6 N–H and O–H groups in total. The third kappa shape index (κ3) is 18.7. The number of aliphatic imine (C=N–C) groups is 1. The second-order valence-electron chi connectivity index (χ2n) is 5.84. The minimum Gasteiger partial charge on any atom is -0.395 e. The first-order valence-electron chi connectivity index (χ1n) is 9.90. The Morgan fingerprint density at radius 2 is 1.55 bits per heavy atom. The Balaban J connectivity index is 0.000000430. The molecular weight excluding hydrogens is 400 g/mol. The lowest BCUT2D eigenvalue weighted by Gasteiger charge is -2.05. The number of benzene rings is 2. The van der Waals surface area contributed by atoms with Crippen molar-refractivity contribution < 1.29 is 24.5 Å². The molecular formula is C22H32N4O5. The largest absolute Gasteiger partial charge is 0.395 e. The molecule has 1 aliphatic heterocycles. The summed E-state index contributed by atoms with van der Waals surface area (Å²) in [7, 11) is 0. The van der Waals surface area contributed by atoms with Crippen LogP contribution < -0.4 is 16.4 Å². The van der Waals surface area contributed by atoms with Crippen LogP contribution in [-0.4, -0.2) is 61.8 Å². The highest BCUT2D eigenvalue weighted by Crippen LogP contribution is 2.07. The van der Waals surface area contributed by atoms with Gasteiger partial charge in [0, 0.05) is 32.0 Å². The Hall–Kier alpha value is -3.07. The molecule has 0 bridgehead atoms. The van der Waals surface area contributed by atoms with E-state index in [0.717, 1.165) is 18.9 Å². The molecule has 1 aliphatic rings. The predicted molar refractivity (Wildman–Crippen MR) is 121 cm³/mol. The molecule has 0 radical (unpaired) electrons. The number of ether oxygens (including phenoxy) is 1. The number of para-hydroxylation sites is 2. The van der Waals surface area contributed by atoms with E-state index in [1.807, 2.05) is 36.4 Å². The maximum absolute atomic E-state index is 11.0. The van der Waals surface area contributed by atoms with E-state index in [-0.39, 0.29) is 25.8 Å². The molecule has 0 aliphatic carbocycles. The fraction of sp³-hybridized carbons (Fsp3) is 0.364. The van der Waals surface area contributed by atoms with Gasteiger partial charge in [-0.25, -0.2) is 9.59 Å². The molecule has 170 valence electrons. The van der Waals surface area contributed by atoms with Crippen LogP contribution in [0.5, 0.6) is 0 Å². The lowest BCUT2D eigenvalue weighted by atomic mass is 10.3. The molecule has 31 heavy (non-hydrogen) atoms. The zero-order valence-electron chi connectivity index (χ0n) is 17.6. The second kappa shape index (κ2) is 21.6. The van der Waals surface area contributed by atoms with Gasteiger partial charge in [0.05, 0.1) is 18.9 Å². The highest BCUT2D eigenvalue weighted by atomic mass is 16.5. The summed E-state index contributed by atoms with van der Waals surface area (Å²) < 4.78 is 4.94. The quantitative estimate of drug-likeness (QED) is 0.361. The Kier molecular flexibility index (Phi) is 19.5. The minimum absolute atomic E-state index is 0.0534. The lowest BCUT2D eigenvalue weighted by Crippen LogP contribution is -2.30. The van der Waals surface area contributed by atoms with Gasteiger partial charge in [0.2, 0.25) is 6.08 Å². The van der Waals surface area contributed by atoms with Crippen LogP contribution in [0.15, 0.2) is 65.7 Å². The number of nitrogens with one attached hydrogen (secondary N) is 2. The molecule has 1 fully saturated rings. The zero-order valence-corrected chi connectivity index (χ0v) is 17.6. The smallest absolute Gasteiger partial charge is 0.319 e. The van der Waals surface area contributed by atoms with E-state index in [4.69, 9.17) is 20.7 Å². The number of aliphatic hydroxyl groups is 2. The lowest BCUT2D eigenvalue weighted by molar-refractivity contribution is 0.198. The highest BCUT2D eigenvalue weighted by molar-refractivity contribution is 5.89. The van der Waals surface area contributed by atoms with Crippen LogP contribution in [0.1, 0.15) is 12.8 Å². The van der Waals surface area contributed by atoms with Crippen molar-refractivity contribution >= 4 is 23.5 Å². The Morgan fingerprint density at radius 1 is 1.00 bits per heavy atom. The van der Waals surface area contributed by atoms with Gasteiger partial charge in [-0.1, -0.05) is 36.4 Å². The zero-order chi connectivity index (χ0) is 23.0. The average Bonchev–Trinajstić information content (AvgIpc) is 3.40. The predicted octanol–water partition coefficient (Wildman–Crippen LogP) is 2.19. The highest BCUT2D eigenvalue weighted by Gasteiger charge is 1.98. The van der Waals surface area contributed by atoms with E-state index in [1.54, 1.807) is 24.3 Å². The van der Waals surface area contributed by atoms with Gasteiger partial charge in [0.1, 0.15) is 0 Å². The van der Waals surface area contributed by atoms with Crippen molar-refractivity contribution in [3.63, 3.8) is 0 Å². The monoisotopic (exact) mass is 432 g/mol. The fourth-order valence-corrected chi connectivity index (χ4v) is 1.93. The summed E-state index contributed by atoms with van der Waals surface area (Å²) in [6, 6.07) is 17.8. The SMILES string of the molecule is C1CCOC1.NCCO.O=C(NCCO)Nc1ccccc1.O=C=Nc1ccccc1. The van der Waals surface area contributed by atoms with Crippen LogP contribution in [0, 0.1) is 0 Å². The van der Waals surface area contributed by atoms with Gasteiger partial charge in [0.25, 0.3) is 0 Å². The standard InChI is InChI=1S/C9H12N2O2.C7H5NO.C4H8O.C2H7NO/c12-7-6-10-9(13)11-8-4-2-1-3-5-8;9-6-8-7-4-2-1-3-5-7;1-2-4-5-3-1;3-1-2-4/h1-5,12H,6-7H2,(H2,10,11,13);1-5H;1-4H2;4H,1-3H2. The summed E-state index contributed by atoms with van der Waals surface area (Å²) in [6.07, 6.45) is 4.01. The van der Waals surface area contributed by atoms with Crippen molar-refractivity contribution in [2.75, 3.05) is 44.8 Å². The van der Waals surface area contributed by atoms with Crippen LogP contribution >= 0.6 is 0 Å². The normalized spacial score (nSPS) is 11.1. The number of aliphatic hydroxyl groups excluding tert-OH is 2. The Morgan fingerprint density at radius 3 is 1.97 bits per heavy atom. The van der Waals surface area contributed by atoms with Gasteiger partial charge in [0.15, 0.2) is 0 Å². The number of rotatable bonds is 5. The number of nitrogens with two attached hydrogens (primary N) is 1. The number of carbonyl (C=O) groups is 1. The summed E-state index contributed by atoms with van der Waals surface area (Å²) in [6.45, 7) is 2.68. The molecule has 0 unspecified atom stereocenters. The number of urea groups is 1. The molecule has 0 saturated carbocycles. The maximum Gasteiger partial charge on any atom is 0.319 e. The van der Waals surface area contributed by atoms with E-state index in [1.165, 1.54) is 18.9 Å². The summed E-state index contributed by atoms with van der Waals surface area (Å²) in [5, 5.41) is 21.3. The van der Waals surface area contributed by atoms with E-state index >= 15 is 0 Å². The van der Waals surface area contributed by atoms with Crippen LogP contribution in [0.25, 0.3) is 0 Å². The average molecular weight is 433 g/mol. The molecule has 9 heteroatoms. The molecule has 3 rings (SSSR count). The van der Waals surface area contributed by atoms with Crippen LogP contribution in [0.2, 0.25) is 0 Å². The number of anilines is 1. The minimum atomic E-state index is -0.305. The van der Waals surface area contributed by atoms with Gasteiger partial charge < -0.3 is 31.3 Å². The summed E-state index contributed by atoms with van der Waals surface area (Å²) in [5.41, 5.74) is 6.16. The number of nitrogens with zero attached hydrogens (tertiary/aromatic N) is 1. The summed E-state index contributed by atoms with van der Waals surface area (Å²) >= 11 is 0. The third-order valence-electron chi connectivity index (χ3n) is 3.32. The summed E-state index contributed by atoms with van der Waals surface area (Å²) in [4.78, 5) is 24.1. The number of amides is 2. The first kappa shape index (κ1) is 27.9. The molecule has 0 aromatic heterocycles. The molecule has 2 amide bonds. The van der Waals surface area contributed by atoms with Crippen LogP contribution in [-0.2, 0) is 9.53 Å². The van der Waals surface area contributed by atoms with Crippen molar-refractivity contribution in [1.29, 1.82) is 0 Å². The van der Waals surface area contributed by atoms with Crippen LogP contribution in [0.3, 0.4) is 0 Å². The van der Waals surface area contributed by atoms with E-state index in [9.17, 15) is 9.59 Å². The Labute approximate surface area is 183 Å². The van der Waals surface area contributed by atoms with Gasteiger partial charge >= 0.3 is 6.03 Å². The van der Waals surface area contributed by atoms with Gasteiger partial charge in [-0.15, -0.1) is 0 Å². The number of hydrogen-bond acceptors (Lipinski definition) is 7. The van der Waals surface area contributed by atoms with E-state index in [0.29, 0.717) is 12.2 Å². The molecule has 1 heterocycles. The molecule has 0 atom stereocenters. The van der Waals surface area contributed by atoms with Gasteiger partial charge in [-0.3, -0.25) is 0 Å². The first-order valence-corrected chi connectivity index (χ1v) is 9.90. The van der Waals surface area contributed by atoms with Crippen molar-refractivity contribution in [3.8, 4) is 0 Å². The number of isocyanates is 1. The third-order valence-corrected chi connectivity index (χ3v) is 3.32. The van der Waals surface area contributed by atoms with E-state index in [2.05, 4.69) is 15.6 Å².